The predicted octanol–water partition coefficient (Wildman–Crippen LogP) is 1.14. The lowest BCUT2D eigenvalue weighted by atomic mass is 10.2. The van der Waals surface area contributed by atoms with Gasteiger partial charge in [-0.2, -0.15) is 0 Å². The van der Waals surface area contributed by atoms with Crippen LogP contribution in [0.4, 0.5) is 0 Å². The summed E-state index contributed by atoms with van der Waals surface area (Å²) in [5.74, 6) is -1.54. The van der Waals surface area contributed by atoms with Crippen LogP contribution in [0.15, 0.2) is 12.2 Å². The average Bonchev–Trinajstić information content (AvgIpc) is 2.24. The van der Waals surface area contributed by atoms with Crippen LogP contribution in [0.2, 0.25) is 6.04 Å². The molecule has 0 amide bonds. The first-order chi connectivity index (χ1) is 7.05. The lowest BCUT2D eigenvalue weighted by Crippen LogP contribution is -2.45. The fourth-order valence-electron chi connectivity index (χ4n) is 1.24. The minimum Gasteiger partial charge on any atom is -0.481 e. The number of carbonyl (C=O) groups is 1. The van der Waals surface area contributed by atoms with E-state index in [0.717, 1.165) is 0 Å². The van der Waals surface area contributed by atoms with Gasteiger partial charge in [0.25, 0.3) is 0 Å². The van der Waals surface area contributed by atoms with Crippen molar-refractivity contribution < 1.29 is 23.2 Å². The largest absolute Gasteiger partial charge is 0.501 e. The number of allylic oxidation sites excluding steroid dienone is 1. The maximum Gasteiger partial charge on any atom is 0.501 e. The van der Waals surface area contributed by atoms with Crippen molar-refractivity contribution in [2.75, 3.05) is 21.3 Å². The van der Waals surface area contributed by atoms with Crippen LogP contribution in [0.3, 0.4) is 0 Å². The molecule has 88 valence electrons. The lowest BCUT2D eigenvalue weighted by molar-refractivity contribution is -0.139. The van der Waals surface area contributed by atoms with E-state index in [4.69, 9.17) is 18.4 Å². The van der Waals surface area contributed by atoms with Gasteiger partial charge in [0.15, 0.2) is 0 Å². The van der Waals surface area contributed by atoms with E-state index in [2.05, 4.69) is 0 Å². The Morgan fingerprint density at radius 1 is 1.33 bits per heavy atom. The van der Waals surface area contributed by atoms with Crippen molar-refractivity contribution in [3.63, 3.8) is 0 Å². The van der Waals surface area contributed by atoms with Crippen molar-refractivity contribution in [2.45, 2.75) is 13.0 Å². The van der Waals surface area contributed by atoms with Gasteiger partial charge in [-0.15, -0.1) is 0 Å². The zero-order valence-electron chi connectivity index (χ0n) is 9.52. The molecule has 0 fully saturated rings. The smallest absolute Gasteiger partial charge is 0.481 e. The highest BCUT2D eigenvalue weighted by molar-refractivity contribution is 6.60. The second-order valence-corrected chi connectivity index (χ2v) is 5.97. The number of hydrogen-bond acceptors (Lipinski definition) is 4. The molecule has 0 heterocycles. The minimum absolute atomic E-state index is 0.232. The normalized spacial score (nSPS) is 14.4. The summed E-state index contributed by atoms with van der Waals surface area (Å²) in [5.41, 5.74) is 0. The molecule has 0 radical (unpaired) electrons. The van der Waals surface area contributed by atoms with E-state index < -0.39 is 20.7 Å². The minimum atomic E-state index is -2.81. The van der Waals surface area contributed by atoms with Gasteiger partial charge in [0, 0.05) is 27.4 Å². The molecule has 0 aromatic heterocycles. The molecule has 1 unspecified atom stereocenters. The summed E-state index contributed by atoms with van der Waals surface area (Å²) < 4.78 is 15.5. The predicted molar refractivity (Wildman–Crippen MR) is 57.5 cm³/mol. The zero-order valence-corrected chi connectivity index (χ0v) is 10.5. The Morgan fingerprint density at radius 3 is 2.07 bits per heavy atom. The van der Waals surface area contributed by atoms with Crippen molar-refractivity contribution in [1.82, 2.24) is 0 Å². The van der Waals surface area contributed by atoms with Crippen LogP contribution < -0.4 is 0 Å². The summed E-state index contributed by atoms with van der Waals surface area (Å²) in [6, 6.07) is 0.232. The molecule has 1 atom stereocenters. The molecular weight excluding hydrogens is 216 g/mol. The summed E-state index contributed by atoms with van der Waals surface area (Å²) in [7, 11) is 1.59. The first-order valence-electron chi connectivity index (χ1n) is 4.56. The fraction of sp³-hybridized carbons (Fsp3) is 0.667. The Bertz CT molecular complexity index is 216. The third kappa shape index (κ3) is 4.13. The molecule has 0 rings (SSSR count). The molecule has 0 aliphatic carbocycles. The highest BCUT2D eigenvalue weighted by Crippen LogP contribution is 2.20. The molecule has 0 aliphatic rings. The first-order valence-corrected chi connectivity index (χ1v) is 6.49. The van der Waals surface area contributed by atoms with Crippen LogP contribution in [0, 0.1) is 5.92 Å². The molecule has 5 nitrogen and oxygen atoms in total. The Morgan fingerprint density at radius 2 is 1.80 bits per heavy atom. The number of hydrogen-bond donors (Lipinski definition) is 1. The van der Waals surface area contributed by atoms with Crippen molar-refractivity contribution in [3.8, 4) is 0 Å². The molecule has 0 saturated carbocycles. The van der Waals surface area contributed by atoms with Crippen LogP contribution >= 0.6 is 0 Å². The highest BCUT2D eigenvalue weighted by atomic mass is 28.4. The van der Waals surface area contributed by atoms with Crippen LogP contribution in [-0.4, -0.2) is 41.2 Å². The molecule has 15 heavy (non-hydrogen) atoms. The maximum atomic E-state index is 10.9. The summed E-state index contributed by atoms with van der Waals surface area (Å²) in [6.45, 7) is 1.77. The molecule has 0 bridgehead atoms. The van der Waals surface area contributed by atoms with E-state index in [1.54, 1.807) is 19.1 Å². The van der Waals surface area contributed by atoms with Gasteiger partial charge < -0.3 is 18.4 Å². The SMILES string of the molecule is CC=CC(C[Si](OC)(OC)OC)C(=O)O. The van der Waals surface area contributed by atoms with Crippen LogP contribution in [-0.2, 0) is 18.1 Å². The third-order valence-corrected chi connectivity index (χ3v) is 4.95. The molecule has 0 aromatic carbocycles. The summed E-state index contributed by atoms with van der Waals surface area (Å²) >= 11 is 0. The number of rotatable bonds is 7. The molecule has 6 heteroatoms. The molecular formula is C9H18O5Si. The van der Waals surface area contributed by atoms with Crippen molar-refractivity contribution in [2.24, 2.45) is 5.92 Å². The van der Waals surface area contributed by atoms with Crippen molar-refractivity contribution >= 4 is 14.8 Å². The van der Waals surface area contributed by atoms with E-state index in [1.165, 1.54) is 21.3 Å². The van der Waals surface area contributed by atoms with E-state index in [1.807, 2.05) is 0 Å². The molecule has 0 aromatic rings. The Labute approximate surface area is 91.0 Å². The topological polar surface area (TPSA) is 65.0 Å². The highest BCUT2D eigenvalue weighted by Gasteiger charge is 2.41. The summed E-state index contributed by atoms with van der Waals surface area (Å²) in [6.07, 6.45) is 3.29. The summed E-state index contributed by atoms with van der Waals surface area (Å²) in [4.78, 5) is 10.9. The second-order valence-electron chi connectivity index (χ2n) is 2.97. The van der Waals surface area contributed by atoms with E-state index in [9.17, 15) is 4.79 Å². The van der Waals surface area contributed by atoms with Gasteiger partial charge in [0.05, 0.1) is 5.92 Å². The Hall–Kier alpha value is -0.693. The van der Waals surface area contributed by atoms with Gasteiger partial charge in [0.1, 0.15) is 0 Å². The molecule has 1 N–H and O–H groups in total. The Kier molecular flexibility index (Phi) is 6.42. The van der Waals surface area contributed by atoms with Gasteiger partial charge in [0.2, 0.25) is 0 Å². The van der Waals surface area contributed by atoms with Gasteiger partial charge in [-0.05, 0) is 6.92 Å². The van der Waals surface area contributed by atoms with Gasteiger partial charge in [-0.25, -0.2) is 0 Å². The molecule has 0 aliphatic heterocycles. The molecule has 0 spiro atoms. The van der Waals surface area contributed by atoms with Crippen LogP contribution in [0.25, 0.3) is 0 Å². The number of aliphatic carboxylic acids is 1. The van der Waals surface area contributed by atoms with Crippen molar-refractivity contribution in [1.29, 1.82) is 0 Å². The van der Waals surface area contributed by atoms with Gasteiger partial charge in [-0.3, -0.25) is 4.79 Å². The monoisotopic (exact) mass is 234 g/mol. The maximum absolute atomic E-state index is 10.9. The van der Waals surface area contributed by atoms with Crippen LogP contribution in [0.1, 0.15) is 6.92 Å². The second kappa shape index (κ2) is 6.73. The quantitative estimate of drug-likeness (QED) is 0.528. The van der Waals surface area contributed by atoms with Gasteiger partial charge in [-0.1, -0.05) is 12.2 Å². The van der Waals surface area contributed by atoms with Crippen molar-refractivity contribution in [3.05, 3.63) is 12.2 Å². The van der Waals surface area contributed by atoms with E-state index >= 15 is 0 Å². The number of carboxylic acids is 1. The van der Waals surface area contributed by atoms with Gasteiger partial charge >= 0.3 is 14.8 Å². The van der Waals surface area contributed by atoms with E-state index in [0.29, 0.717) is 0 Å². The van der Waals surface area contributed by atoms with Crippen LogP contribution in [0.5, 0.6) is 0 Å². The standard InChI is InChI=1S/C9H18O5Si/c1-5-6-8(9(10)11)7-15(12-2,13-3)14-4/h5-6,8H,7H2,1-4H3,(H,10,11). The third-order valence-electron chi connectivity index (χ3n) is 2.14. The molecule has 0 saturated heterocycles. The lowest BCUT2D eigenvalue weighted by Gasteiger charge is -2.25. The number of carboxylic acid groups (broad SMARTS) is 1. The average molecular weight is 234 g/mol. The fourth-order valence-corrected chi connectivity index (χ4v) is 3.09. The Balaban J connectivity index is 4.67. The summed E-state index contributed by atoms with van der Waals surface area (Å²) in [5, 5.41) is 8.96. The van der Waals surface area contributed by atoms with E-state index in [-0.39, 0.29) is 6.04 Å². The first kappa shape index (κ1) is 14.3. The zero-order chi connectivity index (χ0) is 11.9.